The Morgan fingerprint density at radius 2 is 1.81 bits per heavy atom. The van der Waals surface area contributed by atoms with E-state index in [9.17, 15) is 4.79 Å². The highest BCUT2D eigenvalue weighted by Gasteiger charge is 2.16. The van der Waals surface area contributed by atoms with Gasteiger partial charge in [-0.3, -0.25) is 9.89 Å². The van der Waals surface area contributed by atoms with Crippen LogP contribution in [0.25, 0.3) is 33.8 Å². The smallest absolute Gasteiger partial charge is 0.231 e. The van der Waals surface area contributed by atoms with E-state index < -0.39 is 0 Å². The molecule has 2 N–H and O–H groups in total. The van der Waals surface area contributed by atoms with Crippen molar-refractivity contribution >= 4 is 22.7 Å². The van der Waals surface area contributed by atoms with Gasteiger partial charge in [0.25, 0.3) is 0 Å². The minimum atomic E-state index is -0.0647. The van der Waals surface area contributed by atoms with Gasteiger partial charge in [0.1, 0.15) is 5.52 Å². The van der Waals surface area contributed by atoms with E-state index in [1.54, 1.807) is 6.20 Å². The molecule has 0 spiro atoms. The van der Waals surface area contributed by atoms with Crippen LogP contribution in [0.1, 0.15) is 16.7 Å². The Kier molecular flexibility index (Phi) is 5.03. The summed E-state index contributed by atoms with van der Waals surface area (Å²) in [5.41, 5.74) is 7.95. The number of aryl methyl sites for hydroxylation is 2. The number of rotatable bonds is 5. The average Bonchev–Trinajstić information content (AvgIpc) is 3.42. The zero-order valence-electron chi connectivity index (χ0n) is 17.8. The molecule has 1 amide bonds. The van der Waals surface area contributed by atoms with Crippen LogP contribution in [-0.4, -0.2) is 21.1 Å². The summed E-state index contributed by atoms with van der Waals surface area (Å²) in [7, 11) is 0. The van der Waals surface area contributed by atoms with E-state index >= 15 is 0 Å². The molecule has 0 atom stereocenters. The van der Waals surface area contributed by atoms with Crippen molar-refractivity contribution in [3.63, 3.8) is 0 Å². The first-order chi connectivity index (χ1) is 15.5. The second kappa shape index (κ2) is 8.15. The summed E-state index contributed by atoms with van der Waals surface area (Å²) in [5.74, 6) is 0.438. The van der Waals surface area contributed by atoms with E-state index in [0.717, 1.165) is 39.0 Å². The van der Waals surface area contributed by atoms with Crippen LogP contribution in [0.5, 0.6) is 0 Å². The van der Waals surface area contributed by atoms with Crippen molar-refractivity contribution in [2.75, 3.05) is 5.32 Å². The molecule has 0 aliphatic carbocycles. The second-order valence-corrected chi connectivity index (χ2v) is 7.94. The van der Waals surface area contributed by atoms with Crippen LogP contribution in [-0.2, 0) is 11.2 Å². The normalized spacial score (nSPS) is 11.1. The fraction of sp³-hybridized carbons (Fsp3) is 0.115. The van der Waals surface area contributed by atoms with E-state index in [0.29, 0.717) is 18.0 Å². The summed E-state index contributed by atoms with van der Waals surface area (Å²) >= 11 is 0. The van der Waals surface area contributed by atoms with Crippen molar-refractivity contribution in [1.29, 1.82) is 0 Å². The maximum Gasteiger partial charge on any atom is 0.231 e. The number of H-pyrrole nitrogens is 1. The zero-order chi connectivity index (χ0) is 22.1. The molecule has 0 unspecified atom stereocenters. The fourth-order valence-corrected chi connectivity index (χ4v) is 3.66. The number of hydrogen-bond donors (Lipinski definition) is 2. The second-order valence-electron chi connectivity index (χ2n) is 7.94. The lowest BCUT2D eigenvalue weighted by Crippen LogP contribution is -2.14. The molecule has 3 aromatic carbocycles. The number of fused-ring (bicyclic) bond motifs is 1. The molecular weight excluding hydrogens is 400 g/mol. The van der Waals surface area contributed by atoms with Crippen LogP contribution >= 0.6 is 0 Å². The van der Waals surface area contributed by atoms with Gasteiger partial charge in [0, 0.05) is 11.3 Å². The molecule has 0 saturated heterocycles. The highest BCUT2D eigenvalue weighted by molar-refractivity contribution is 5.93. The van der Waals surface area contributed by atoms with Gasteiger partial charge in [-0.1, -0.05) is 48.0 Å². The summed E-state index contributed by atoms with van der Waals surface area (Å²) < 4.78 is 5.98. The fourth-order valence-electron chi connectivity index (χ4n) is 3.66. The number of nitrogens with zero attached hydrogens (tertiary/aromatic N) is 2. The molecule has 5 aromatic rings. The molecule has 0 fully saturated rings. The molecule has 32 heavy (non-hydrogen) atoms. The van der Waals surface area contributed by atoms with Gasteiger partial charge in [-0.2, -0.15) is 5.10 Å². The third-order valence-corrected chi connectivity index (χ3v) is 5.33. The predicted molar refractivity (Wildman–Crippen MR) is 125 cm³/mol. The minimum Gasteiger partial charge on any atom is -0.436 e. The van der Waals surface area contributed by atoms with Crippen LogP contribution < -0.4 is 5.32 Å². The summed E-state index contributed by atoms with van der Waals surface area (Å²) in [6, 6.07) is 21.5. The first kappa shape index (κ1) is 19.8. The molecule has 5 rings (SSSR count). The first-order valence-electron chi connectivity index (χ1n) is 10.4. The van der Waals surface area contributed by atoms with Gasteiger partial charge >= 0.3 is 0 Å². The molecule has 6 heteroatoms. The van der Waals surface area contributed by atoms with E-state index in [4.69, 9.17) is 4.42 Å². The maximum absolute atomic E-state index is 12.5. The van der Waals surface area contributed by atoms with Gasteiger partial charge < -0.3 is 9.73 Å². The Balaban J connectivity index is 1.39. The number of benzene rings is 3. The maximum atomic E-state index is 12.5. The van der Waals surface area contributed by atoms with Crippen LogP contribution in [0.4, 0.5) is 5.69 Å². The molecule has 0 radical (unpaired) electrons. The molecule has 6 nitrogen and oxygen atoms in total. The average molecular weight is 422 g/mol. The van der Waals surface area contributed by atoms with Crippen molar-refractivity contribution in [2.24, 2.45) is 0 Å². The third kappa shape index (κ3) is 4.03. The standard InChI is InChI=1S/C26H22N4O2/c1-16-6-9-18(10-7-16)13-24(31)28-20-5-3-4-19(14-20)25-21(15-27-30-25)26-29-22-11-8-17(2)12-23(22)32-26/h3-12,14-15H,13H2,1-2H3,(H,27,30)(H,28,31). The van der Waals surface area contributed by atoms with Crippen molar-refractivity contribution in [1.82, 2.24) is 15.2 Å². The molecule has 2 heterocycles. The van der Waals surface area contributed by atoms with Crippen LogP contribution in [0.2, 0.25) is 0 Å². The lowest BCUT2D eigenvalue weighted by Gasteiger charge is -2.08. The number of anilines is 1. The van der Waals surface area contributed by atoms with Crippen LogP contribution in [0, 0.1) is 13.8 Å². The quantitative estimate of drug-likeness (QED) is 0.381. The number of carbonyl (C=O) groups is 1. The zero-order valence-corrected chi connectivity index (χ0v) is 17.8. The largest absolute Gasteiger partial charge is 0.436 e. The van der Waals surface area contributed by atoms with Crippen molar-refractivity contribution in [2.45, 2.75) is 20.3 Å². The van der Waals surface area contributed by atoms with Crippen molar-refractivity contribution in [3.05, 3.63) is 89.6 Å². The predicted octanol–water partition coefficient (Wildman–Crippen LogP) is 5.68. The lowest BCUT2D eigenvalue weighted by atomic mass is 10.1. The number of carbonyl (C=O) groups excluding carboxylic acids is 1. The Bertz CT molecular complexity index is 1410. The minimum absolute atomic E-state index is 0.0647. The van der Waals surface area contributed by atoms with Gasteiger partial charge in [0.15, 0.2) is 5.58 Å². The van der Waals surface area contributed by atoms with Gasteiger partial charge in [-0.05, 0) is 49.2 Å². The highest BCUT2D eigenvalue weighted by Crippen LogP contribution is 2.33. The van der Waals surface area contributed by atoms with Gasteiger partial charge in [-0.25, -0.2) is 4.98 Å². The Labute approximate surface area is 185 Å². The van der Waals surface area contributed by atoms with Crippen LogP contribution in [0.3, 0.4) is 0 Å². The molecule has 0 aliphatic rings. The Morgan fingerprint density at radius 1 is 1.00 bits per heavy atom. The molecule has 0 aliphatic heterocycles. The SMILES string of the molecule is Cc1ccc(CC(=O)Nc2cccc(-c3[nH]ncc3-c3nc4ccc(C)cc4o3)c2)cc1. The molecule has 0 bridgehead atoms. The van der Waals surface area contributed by atoms with Crippen LogP contribution in [0.15, 0.2) is 77.3 Å². The number of amides is 1. The summed E-state index contributed by atoms with van der Waals surface area (Å²) in [4.78, 5) is 17.1. The van der Waals surface area contributed by atoms with Crippen molar-refractivity contribution in [3.8, 4) is 22.7 Å². The number of hydrogen-bond acceptors (Lipinski definition) is 4. The number of aromatic nitrogens is 3. The summed E-state index contributed by atoms with van der Waals surface area (Å²) in [6.07, 6.45) is 2.03. The topological polar surface area (TPSA) is 83.8 Å². The van der Waals surface area contributed by atoms with E-state index in [1.165, 1.54) is 5.56 Å². The number of aromatic amines is 1. The number of nitrogens with one attached hydrogen (secondary N) is 2. The van der Waals surface area contributed by atoms with Gasteiger partial charge in [0.05, 0.1) is 23.9 Å². The van der Waals surface area contributed by atoms with Crippen molar-refractivity contribution < 1.29 is 9.21 Å². The Morgan fingerprint density at radius 3 is 2.66 bits per heavy atom. The van der Waals surface area contributed by atoms with E-state index in [1.807, 2.05) is 80.6 Å². The first-order valence-corrected chi connectivity index (χ1v) is 10.4. The monoisotopic (exact) mass is 422 g/mol. The Hall–Kier alpha value is -4.19. The lowest BCUT2D eigenvalue weighted by molar-refractivity contribution is -0.115. The summed E-state index contributed by atoms with van der Waals surface area (Å²) in [6.45, 7) is 4.05. The highest BCUT2D eigenvalue weighted by atomic mass is 16.3. The molecule has 158 valence electrons. The van der Waals surface area contributed by atoms with Gasteiger partial charge in [0.2, 0.25) is 11.8 Å². The van der Waals surface area contributed by atoms with Gasteiger partial charge in [-0.15, -0.1) is 0 Å². The van der Waals surface area contributed by atoms with E-state index in [2.05, 4.69) is 20.5 Å². The van der Waals surface area contributed by atoms with E-state index in [-0.39, 0.29) is 5.91 Å². The summed E-state index contributed by atoms with van der Waals surface area (Å²) in [5, 5.41) is 10.2. The third-order valence-electron chi connectivity index (χ3n) is 5.33. The molecular formula is C26H22N4O2. The molecule has 0 saturated carbocycles. The number of oxazole rings is 1. The molecule has 2 aromatic heterocycles.